The van der Waals surface area contributed by atoms with Gasteiger partial charge in [-0.05, 0) is 14.0 Å². The monoisotopic (exact) mass is 216 g/mol. The van der Waals surface area contributed by atoms with Crippen LogP contribution in [0.1, 0.15) is 6.92 Å². The molecule has 1 heterocycles. The highest BCUT2D eigenvalue weighted by atomic mass is 16.5. The van der Waals surface area contributed by atoms with Gasteiger partial charge in [-0.15, -0.1) is 0 Å². The lowest BCUT2D eigenvalue weighted by Crippen LogP contribution is -2.47. The van der Waals surface area contributed by atoms with Gasteiger partial charge in [0.05, 0.1) is 19.1 Å². The minimum atomic E-state index is -1.04. The van der Waals surface area contributed by atoms with Crippen molar-refractivity contribution < 1.29 is 19.4 Å². The van der Waals surface area contributed by atoms with Crippen LogP contribution in [0.15, 0.2) is 0 Å². The van der Waals surface area contributed by atoms with Crippen molar-refractivity contribution >= 4 is 11.9 Å². The van der Waals surface area contributed by atoms with Crippen LogP contribution in [0.3, 0.4) is 0 Å². The molecule has 1 saturated heterocycles. The normalized spacial score (nSPS) is 27.3. The number of amides is 1. The second-order valence-corrected chi connectivity index (χ2v) is 3.61. The van der Waals surface area contributed by atoms with Crippen LogP contribution in [-0.4, -0.2) is 49.3 Å². The van der Waals surface area contributed by atoms with Gasteiger partial charge in [0.1, 0.15) is 6.04 Å². The molecule has 3 N–H and O–H groups in total. The average molecular weight is 216 g/mol. The van der Waals surface area contributed by atoms with E-state index in [1.807, 2.05) is 0 Å². The third-order valence-corrected chi connectivity index (χ3v) is 2.52. The summed E-state index contributed by atoms with van der Waals surface area (Å²) in [4.78, 5) is 22.2. The first-order valence-corrected chi connectivity index (χ1v) is 4.84. The highest BCUT2D eigenvalue weighted by molar-refractivity contribution is 5.85. The zero-order chi connectivity index (χ0) is 11.4. The molecule has 1 fully saturated rings. The molecule has 3 atom stereocenters. The maximum atomic E-state index is 11.6. The van der Waals surface area contributed by atoms with Crippen molar-refractivity contribution in [3.05, 3.63) is 0 Å². The van der Waals surface area contributed by atoms with E-state index in [1.165, 1.54) is 6.92 Å². The molecule has 0 aromatic heterocycles. The van der Waals surface area contributed by atoms with E-state index in [0.29, 0.717) is 13.2 Å². The average Bonchev–Trinajstić information content (AvgIpc) is 2.64. The van der Waals surface area contributed by atoms with Crippen molar-refractivity contribution in [3.63, 3.8) is 0 Å². The Balaban J connectivity index is 2.49. The Morgan fingerprint density at radius 3 is 2.67 bits per heavy atom. The van der Waals surface area contributed by atoms with E-state index < -0.39 is 12.0 Å². The van der Waals surface area contributed by atoms with Crippen LogP contribution in [0, 0.1) is 5.92 Å². The maximum Gasteiger partial charge on any atom is 0.325 e. The Hall–Kier alpha value is -1.14. The summed E-state index contributed by atoms with van der Waals surface area (Å²) in [5, 5.41) is 14.0. The topological polar surface area (TPSA) is 87.7 Å². The number of ether oxygens (including phenoxy) is 1. The van der Waals surface area contributed by atoms with Gasteiger partial charge in [-0.1, -0.05) is 0 Å². The first-order chi connectivity index (χ1) is 7.06. The molecule has 0 radical (unpaired) electrons. The summed E-state index contributed by atoms with van der Waals surface area (Å²) in [6, 6.07) is -0.901. The number of carboxylic acid groups (broad SMARTS) is 1. The van der Waals surface area contributed by atoms with Crippen molar-refractivity contribution in [1.82, 2.24) is 10.6 Å². The lowest BCUT2D eigenvalue weighted by atomic mass is 10.0. The lowest BCUT2D eigenvalue weighted by molar-refractivity contribution is -0.142. The van der Waals surface area contributed by atoms with E-state index in [-0.39, 0.29) is 17.9 Å². The number of carbonyl (C=O) groups is 2. The summed E-state index contributed by atoms with van der Waals surface area (Å²) < 4.78 is 5.15. The predicted octanol–water partition coefficient (Wildman–Crippen LogP) is -1.19. The third kappa shape index (κ3) is 2.90. The summed E-state index contributed by atoms with van der Waals surface area (Å²) in [5.74, 6) is -1.62. The molecule has 0 aromatic carbocycles. The maximum absolute atomic E-state index is 11.6. The molecule has 0 spiro atoms. The van der Waals surface area contributed by atoms with E-state index in [9.17, 15) is 9.59 Å². The van der Waals surface area contributed by atoms with Crippen LogP contribution in [0.4, 0.5) is 0 Å². The van der Waals surface area contributed by atoms with E-state index >= 15 is 0 Å². The second kappa shape index (κ2) is 5.09. The Bertz CT molecular complexity index is 256. The molecule has 6 nitrogen and oxygen atoms in total. The second-order valence-electron chi connectivity index (χ2n) is 3.61. The molecule has 1 amide bonds. The van der Waals surface area contributed by atoms with Gasteiger partial charge in [-0.25, -0.2) is 0 Å². The number of hydrogen-bond donors (Lipinski definition) is 3. The number of carboxylic acids is 1. The Labute approximate surface area is 88.0 Å². The van der Waals surface area contributed by atoms with Crippen LogP contribution in [0.2, 0.25) is 0 Å². The first kappa shape index (κ1) is 11.9. The van der Waals surface area contributed by atoms with Crippen molar-refractivity contribution in [2.24, 2.45) is 5.92 Å². The van der Waals surface area contributed by atoms with Crippen molar-refractivity contribution in [1.29, 1.82) is 0 Å². The first-order valence-electron chi connectivity index (χ1n) is 4.84. The highest BCUT2D eigenvalue weighted by Gasteiger charge is 2.34. The standard InChI is InChI=1S/C9H16N2O4/c1-5(9(13)14)11-8(12)6-3-15-4-7(6)10-2/h5-7,10H,3-4H2,1-2H3,(H,11,12)(H,13,14)/t5-,6?,7?/m1/s1. The molecule has 2 unspecified atom stereocenters. The minimum Gasteiger partial charge on any atom is -0.480 e. The highest BCUT2D eigenvalue weighted by Crippen LogP contribution is 2.13. The van der Waals surface area contributed by atoms with Gasteiger partial charge in [0, 0.05) is 6.04 Å². The largest absolute Gasteiger partial charge is 0.480 e. The number of nitrogens with one attached hydrogen (secondary N) is 2. The number of likely N-dealkylation sites (N-methyl/N-ethyl adjacent to an activating group) is 1. The van der Waals surface area contributed by atoms with Gasteiger partial charge < -0.3 is 20.5 Å². The van der Waals surface area contributed by atoms with Gasteiger partial charge >= 0.3 is 5.97 Å². The summed E-state index contributed by atoms with van der Waals surface area (Å²) in [5.41, 5.74) is 0. The molecule has 6 heteroatoms. The molecule has 0 bridgehead atoms. The quantitative estimate of drug-likeness (QED) is 0.550. The van der Waals surface area contributed by atoms with E-state index in [2.05, 4.69) is 10.6 Å². The van der Waals surface area contributed by atoms with E-state index in [0.717, 1.165) is 0 Å². The third-order valence-electron chi connectivity index (χ3n) is 2.52. The Morgan fingerprint density at radius 1 is 1.47 bits per heavy atom. The smallest absolute Gasteiger partial charge is 0.325 e. The Morgan fingerprint density at radius 2 is 2.13 bits per heavy atom. The molecule has 0 saturated carbocycles. The molecule has 15 heavy (non-hydrogen) atoms. The number of aliphatic carboxylic acids is 1. The lowest BCUT2D eigenvalue weighted by Gasteiger charge is -2.17. The van der Waals surface area contributed by atoms with E-state index in [4.69, 9.17) is 9.84 Å². The van der Waals surface area contributed by atoms with Gasteiger partial charge in [0.15, 0.2) is 0 Å². The van der Waals surface area contributed by atoms with Crippen LogP contribution >= 0.6 is 0 Å². The summed E-state index contributed by atoms with van der Waals surface area (Å²) >= 11 is 0. The van der Waals surface area contributed by atoms with Crippen LogP contribution in [-0.2, 0) is 14.3 Å². The molecule has 86 valence electrons. The summed E-state index contributed by atoms with van der Waals surface area (Å²) in [6.07, 6.45) is 0. The molecule has 0 aliphatic carbocycles. The van der Waals surface area contributed by atoms with Gasteiger partial charge in [-0.3, -0.25) is 9.59 Å². The van der Waals surface area contributed by atoms with Gasteiger partial charge in [0.25, 0.3) is 0 Å². The van der Waals surface area contributed by atoms with Crippen molar-refractivity contribution in [3.8, 4) is 0 Å². The molecule has 1 aliphatic heterocycles. The minimum absolute atomic E-state index is 0.0361. The molecule has 1 aliphatic rings. The van der Waals surface area contributed by atoms with Crippen LogP contribution in [0.5, 0.6) is 0 Å². The number of rotatable bonds is 4. The molecule has 0 aromatic rings. The zero-order valence-corrected chi connectivity index (χ0v) is 8.82. The summed E-state index contributed by atoms with van der Waals surface area (Å²) in [7, 11) is 1.75. The zero-order valence-electron chi connectivity index (χ0n) is 8.82. The van der Waals surface area contributed by atoms with Gasteiger partial charge in [-0.2, -0.15) is 0 Å². The molecule has 1 rings (SSSR count). The molecular weight excluding hydrogens is 200 g/mol. The predicted molar refractivity (Wildman–Crippen MR) is 52.4 cm³/mol. The number of carbonyl (C=O) groups excluding carboxylic acids is 1. The summed E-state index contributed by atoms with van der Waals surface area (Å²) in [6.45, 7) is 2.25. The van der Waals surface area contributed by atoms with Crippen LogP contribution in [0.25, 0.3) is 0 Å². The Kier molecular flexibility index (Phi) is 4.05. The fourth-order valence-corrected chi connectivity index (χ4v) is 1.48. The SMILES string of the molecule is CNC1COCC1C(=O)N[C@H](C)C(=O)O. The number of hydrogen-bond acceptors (Lipinski definition) is 4. The van der Waals surface area contributed by atoms with E-state index in [1.54, 1.807) is 7.05 Å². The van der Waals surface area contributed by atoms with Crippen LogP contribution < -0.4 is 10.6 Å². The van der Waals surface area contributed by atoms with Crippen molar-refractivity contribution in [2.45, 2.75) is 19.0 Å². The fraction of sp³-hybridized carbons (Fsp3) is 0.778. The fourth-order valence-electron chi connectivity index (χ4n) is 1.48. The molecular formula is C9H16N2O4. The van der Waals surface area contributed by atoms with Gasteiger partial charge in [0.2, 0.25) is 5.91 Å². The van der Waals surface area contributed by atoms with Crippen molar-refractivity contribution in [2.75, 3.05) is 20.3 Å².